The normalized spacial score (nSPS) is 10.2. The molecule has 8 heteroatoms. The van der Waals surface area contributed by atoms with E-state index in [1.807, 2.05) is 6.92 Å². The van der Waals surface area contributed by atoms with Crippen molar-refractivity contribution in [3.05, 3.63) is 40.4 Å². The molecule has 1 N–H and O–H groups in total. The molecule has 0 aliphatic rings. The van der Waals surface area contributed by atoms with E-state index in [1.165, 1.54) is 13.2 Å². The average Bonchev–Trinajstić information content (AvgIpc) is 2.72. The molecule has 2 rings (SSSR count). The van der Waals surface area contributed by atoms with Crippen molar-refractivity contribution in [2.24, 2.45) is 0 Å². The Morgan fingerprint density at radius 3 is 2.07 bits per heavy atom. The summed E-state index contributed by atoms with van der Waals surface area (Å²) in [5.74, 6) is 2.13. The van der Waals surface area contributed by atoms with Gasteiger partial charge in [-0.25, -0.2) is 0 Å². The van der Waals surface area contributed by atoms with Gasteiger partial charge in [0, 0.05) is 23.7 Å². The van der Waals surface area contributed by atoms with Gasteiger partial charge in [0.15, 0.2) is 23.0 Å². The highest BCUT2D eigenvalue weighted by Crippen LogP contribution is 2.37. The Balaban J connectivity index is 2.23. The van der Waals surface area contributed by atoms with Crippen molar-refractivity contribution >= 4 is 17.5 Å². The third-order valence-electron chi connectivity index (χ3n) is 4.01. The van der Waals surface area contributed by atoms with Crippen molar-refractivity contribution in [2.45, 2.75) is 13.5 Å². The van der Waals surface area contributed by atoms with Crippen LogP contribution in [-0.4, -0.2) is 41.0 Å². The number of hydrogen-bond acceptors (Lipinski definition) is 6. The topological polar surface area (TPSA) is 75.3 Å². The fourth-order valence-electron chi connectivity index (χ4n) is 2.64. The molecule has 0 aliphatic carbocycles. The van der Waals surface area contributed by atoms with Gasteiger partial charge in [-0.2, -0.15) is 0 Å². The van der Waals surface area contributed by atoms with Gasteiger partial charge in [-0.3, -0.25) is 4.79 Å². The Kier molecular flexibility index (Phi) is 7.63. The van der Waals surface area contributed by atoms with E-state index in [0.29, 0.717) is 45.9 Å². The number of methoxy groups -OCH3 is 4. The van der Waals surface area contributed by atoms with Crippen LogP contribution in [0.4, 0.5) is 0 Å². The second kappa shape index (κ2) is 9.94. The minimum atomic E-state index is -0.319. The van der Waals surface area contributed by atoms with Crippen LogP contribution in [0.3, 0.4) is 0 Å². The van der Waals surface area contributed by atoms with Gasteiger partial charge in [0.25, 0.3) is 5.91 Å². The third kappa shape index (κ3) is 4.72. The molecule has 0 aromatic heterocycles. The first-order valence-electron chi connectivity index (χ1n) is 8.56. The zero-order valence-corrected chi connectivity index (χ0v) is 17.3. The van der Waals surface area contributed by atoms with E-state index in [4.69, 9.17) is 35.3 Å². The molecule has 0 fully saturated rings. The van der Waals surface area contributed by atoms with Gasteiger partial charge >= 0.3 is 0 Å². The monoisotopic (exact) mass is 409 g/mol. The molecule has 28 heavy (non-hydrogen) atoms. The first kappa shape index (κ1) is 21.5. The maximum Gasteiger partial charge on any atom is 0.251 e. The van der Waals surface area contributed by atoms with E-state index >= 15 is 0 Å². The molecule has 0 unspecified atom stereocenters. The molecule has 0 saturated carbocycles. The van der Waals surface area contributed by atoms with Gasteiger partial charge in [0.1, 0.15) is 5.75 Å². The second-order valence-corrected chi connectivity index (χ2v) is 6.03. The molecule has 0 radical (unpaired) electrons. The summed E-state index contributed by atoms with van der Waals surface area (Å²) in [6.45, 7) is 2.49. The zero-order valence-electron chi connectivity index (χ0n) is 16.6. The molecule has 2 aromatic carbocycles. The van der Waals surface area contributed by atoms with Crippen molar-refractivity contribution < 1.29 is 28.5 Å². The summed E-state index contributed by atoms with van der Waals surface area (Å²) in [5.41, 5.74) is 1.09. The average molecular weight is 410 g/mol. The molecule has 0 spiro atoms. The summed E-state index contributed by atoms with van der Waals surface area (Å²) >= 11 is 6.24. The van der Waals surface area contributed by atoms with Crippen LogP contribution >= 0.6 is 11.6 Å². The number of carbonyl (C=O) groups is 1. The van der Waals surface area contributed by atoms with Crippen molar-refractivity contribution in [2.75, 3.05) is 35.0 Å². The van der Waals surface area contributed by atoms with Gasteiger partial charge in [0.05, 0.1) is 40.1 Å². The first-order chi connectivity index (χ1) is 13.5. The molecular weight excluding hydrogens is 386 g/mol. The summed E-state index contributed by atoms with van der Waals surface area (Å²) in [6.07, 6.45) is 0. The van der Waals surface area contributed by atoms with Gasteiger partial charge in [-0.15, -0.1) is 0 Å². The molecular formula is C20H24ClNO6. The number of rotatable bonds is 9. The highest BCUT2D eigenvalue weighted by Gasteiger charge is 2.17. The number of ether oxygens (including phenoxy) is 5. The quantitative estimate of drug-likeness (QED) is 0.680. The Labute approximate surface area is 169 Å². The van der Waals surface area contributed by atoms with Gasteiger partial charge in [-0.05, 0) is 25.1 Å². The lowest BCUT2D eigenvalue weighted by Crippen LogP contribution is -2.23. The summed E-state index contributed by atoms with van der Waals surface area (Å²) in [6, 6.07) is 6.58. The van der Waals surface area contributed by atoms with Crippen molar-refractivity contribution in [1.82, 2.24) is 5.32 Å². The lowest BCUT2D eigenvalue weighted by Gasteiger charge is -2.15. The fourth-order valence-corrected chi connectivity index (χ4v) is 2.91. The van der Waals surface area contributed by atoms with Crippen LogP contribution in [0.1, 0.15) is 22.8 Å². The first-order valence-corrected chi connectivity index (χ1v) is 8.94. The number of benzene rings is 2. The number of nitrogens with one attached hydrogen (secondary N) is 1. The summed E-state index contributed by atoms with van der Waals surface area (Å²) < 4.78 is 26.7. The summed E-state index contributed by atoms with van der Waals surface area (Å²) in [5, 5.41) is 3.14. The molecule has 0 bridgehead atoms. The van der Waals surface area contributed by atoms with Crippen molar-refractivity contribution in [3.8, 4) is 28.7 Å². The molecule has 2 aromatic rings. The third-order valence-corrected chi connectivity index (χ3v) is 4.29. The standard InChI is InChI=1S/C20H24ClNO6/c1-6-28-19-14(21)7-12(8-18(19)27-5)20(23)22-11-13-9-16(25-3)17(26-4)10-15(13)24-2/h7-10H,6,11H2,1-5H3,(H,22,23). The van der Waals surface area contributed by atoms with Gasteiger partial charge < -0.3 is 29.0 Å². The lowest BCUT2D eigenvalue weighted by molar-refractivity contribution is 0.0950. The van der Waals surface area contributed by atoms with E-state index in [0.717, 1.165) is 5.56 Å². The molecule has 152 valence electrons. The molecule has 0 atom stereocenters. The van der Waals surface area contributed by atoms with E-state index in [9.17, 15) is 4.79 Å². The van der Waals surface area contributed by atoms with E-state index in [-0.39, 0.29) is 12.5 Å². The van der Waals surface area contributed by atoms with Crippen LogP contribution in [0.25, 0.3) is 0 Å². The predicted octanol–water partition coefficient (Wildman–Crippen LogP) is 3.70. The van der Waals surface area contributed by atoms with Crippen molar-refractivity contribution in [1.29, 1.82) is 0 Å². The second-order valence-electron chi connectivity index (χ2n) is 5.62. The van der Waals surface area contributed by atoms with E-state index in [1.54, 1.807) is 39.5 Å². The molecule has 0 saturated heterocycles. The number of amides is 1. The molecule has 1 amide bonds. The SMILES string of the molecule is CCOc1c(Cl)cc(C(=O)NCc2cc(OC)c(OC)cc2OC)cc1OC. The summed E-state index contributed by atoms with van der Waals surface area (Å²) in [4.78, 5) is 12.6. The van der Waals surface area contributed by atoms with Crippen LogP contribution < -0.4 is 29.0 Å². The molecule has 0 aliphatic heterocycles. The highest BCUT2D eigenvalue weighted by molar-refractivity contribution is 6.32. The van der Waals surface area contributed by atoms with Crippen LogP contribution in [0.15, 0.2) is 24.3 Å². The number of hydrogen-bond donors (Lipinski definition) is 1. The van der Waals surface area contributed by atoms with E-state index in [2.05, 4.69) is 5.32 Å². The van der Waals surface area contributed by atoms with E-state index < -0.39 is 0 Å². The molecule has 0 heterocycles. The molecule has 7 nitrogen and oxygen atoms in total. The highest BCUT2D eigenvalue weighted by atomic mass is 35.5. The largest absolute Gasteiger partial charge is 0.496 e. The number of halogens is 1. The Hall–Kier alpha value is -2.80. The maximum absolute atomic E-state index is 12.6. The maximum atomic E-state index is 12.6. The number of carbonyl (C=O) groups excluding carboxylic acids is 1. The summed E-state index contributed by atoms with van der Waals surface area (Å²) in [7, 11) is 6.12. The Bertz CT molecular complexity index is 840. The Morgan fingerprint density at radius 1 is 0.893 bits per heavy atom. The van der Waals surface area contributed by atoms with Crippen LogP contribution in [0.2, 0.25) is 5.02 Å². The minimum absolute atomic E-state index is 0.218. The zero-order chi connectivity index (χ0) is 20.7. The van der Waals surface area contributed by atoms with Gasteiger partial charge in [0.2, 0.25) is 0 Å². The Morgan fingerprint density at radius 2 is 1.50 bits per heavy atom. The van der Waals surface area contributed by atoms with Crippen LogP contribution in [-0.2, 0) is 6.54 Å². The van der Waals surface area contributed by atoms with Crippen LogP contribution in [0, 0.1) is 0 Å². The predicted molar refractivity (Wildman–Crippen MR) is 106 cm³/mol. The van der Waals surface area contributed by atoms with Crippen LogP contribution in [0.5, 0.6) is 28.7 Å². The smallest absolute Gasteiger partial charge is 0.251 e. The lowest BCUT2D eigenvalue weighted by atomic mass is 10.1. The minimum Gasteiger partial charge on any atom is -0.496 e. The van der Waals surface area contributed by atoms with Crippen molar-refractivity contribution in [3.63, 3.8) is 0 Å². The van der Waals surface area contributed by atoms with Gasteiger partial charge in [-0.1, -0.05) is 11.6 Å². The fraction of sp³-hybridized carbons (Fsp3) is 0.350.